The van der Waals surface area contributed by atoms with Crippen LogP contribution in [-0.2, 0) is 6.54 Å². The number of nitrogens with one attached hydrogen (secondary N) is 2. The second-order valence-electron chi connectivity index (χ2n) is 5.76. The summed E-state index contributed by atoms with van der Waals surface area (Å²) in [5.74, 6) is 3.18. The van der Waals surface area contributed by atoms with Crippen LogP contribution in [0.15, 0.2) is 53.5 Å². The minimum atomic E-state index is -0.0150. The number of nitrogens with zero attached hydrogens (tertiary/aromatic N) is 1. The smallest absolute Gasteiger partial charge is 0.191 e. The molecule has 2 N–H and O–H groups in total. The van der Waals surface area contributed by atoms with Crippen LogP contribution in [-0.4, -0.2) is 39.9 Å². The average Bonchev–Trinajstić information content (AvgIpc) is 2.69. The van der Waals surface area contributed by atoms with E-state index in [1.807, 2.05) is 55.5 Å². The van der Waals surface area contributed by atoms with Crippen molar-refractivity contribution in [2.75, 3.05) is 27.8 Å². The molecule has 6 heteroatoms. The number of aliphatic imine (C=N–C) groups is 1. The van der Waals surface area contributed by atoms with Crippen molar-refractivity contribution < 1.29 is 14.2 Å². The molecule has 0 bridgehead atoms. The Morgan fingerprint density at radius 1 is 0.962 bits per heavy atom. The highest BCUT2D eigenvalue weighted by molar-refractivity contribution is 5.79. The first-order chi connectivity index (χ1) is 12.6. The highest BCUT2D eigenvalue weighted by atomic mass is 16.5. The number of rotatable bonds is 8. The molecule has 6 nitrogen and oxygen atoms in total. The van der Waals surface area contributed by atoms with Gasteiger partial charge in [0.2, 0.25) is 0 Å². The Balaban J connectivity index is 1.78. The van der Waals surface area contributed by atoms with Gasteiger partial charge in [-0.15, -0.1) is 0 Å². The Labute approximate surface area is 155 Å². The lowest BCUT2D eigenvalue weighted by Crippen LogP contribution is -2.41. The Kier molecular flexibility index (Phi) is 7.61. The van der Waals surface area contributed by atoms with Gasteiger partial charge in [-0.2, -0.15) is 0 Å². The summed E-state index contributed by atoms with van der Waals surface area (Å²) in [6, 6.07) is 15.5. The normalized spacial score (nSPS) is 12.2. The molecule has 1 unspecified atom stereocenters. The summed E-state index contributed by atoms with van der Waals surface area (Å²) in [6.45, 7) is 3.29. The van der Waals surface area contributed by atoms with Crippen molar-refractivity contribution in [2.45, 2.75) is 19.6 Å². The van der Waals surface area contributed by atoms with Crippen molar-refractivity contribution in [1.29, 1.82) is 0 Å². The molecule has 0 aliphatic rings. The molecule has 0 saturated heterocycles. The van der Waals surface area contributed by atoms with E-state index in [1.54, 1.807) is 21.3 Å². The molecule has 0 radical (unpaired) electrons. The molecule has 2 aromatic carbocycles. The van der Waals surface area contributed by atoms with Crippen LogP contribution >= 0.6 is 0 Å². The Bertz CT molecular complexity index is 702. The van der Waals surface area contributed by atoms with Crippen LogP contribution in [0.1, 0.15) is 12.5 Å². The fraction of sp³-hybridized carbons (Fsp3) is 0.350. The zero-order chi connectivity index (χ0) is 18.8. The van der Waals surface area contributed by atoms with Crippen molar-refractivity contribution in [3.05, 3.63) is 54.1 Å². The minimum absolute atomic E-state index is 0.0150. The lowest BCUT2D eigenvalue weighted by Gasteiger charge is -2.18. The van der Waals surface area contributed by atoms with Crippen LogP contribution in [0.2, 0.25) is 0 Å². The lowest BCUT2D eigenvalue weighted by atomic mass is 10.2. The largest absolute Gasteiger partial charge is 0.497 e. The molecule has 26 heavy (non-hydrogen) atoms. The standard InChI is InChI=1S/C20H27N3O3/c1-15(26-18-10-8-17(24-3)9-11-18)13-22-20(21-2)23-14-16-6-5-7-19(12-16)25-4/h5-12,15H,13-14H2,1-4H3,(H2,21,22,23). The summed E-state index contributed by atoms with van der Waals surface area (Å²) < 4.78 is 16.3. The minimum Gasteiger partial charge on any atom is -0.497 e. The van der Waals surface area contributed by atoms with E-state index in [-0.39, 0.29) is 6.10 Å². The van der Waals surface area contributed by atoms with Gasteiger partial charge in [0.1, 0.15) is 23.4 Å². The van der Waals surface area contributed by atoms with Crippen LogP contribution in [0.4, 0.5) is 0 Å². The Morgan fingerprint density at radius 2 is 1.65 bits per heavy atom. The van der Waals surface area contributed by atoms with Crippen LogP contribution in [0.3, 0.4) is 0 Å². The zero-order valence-corrected chi connectivity index (χ0v) is 15.8. The predicted octanol–water partition coefficient (Wildman–Crippen LogP) is 2.84. The van der Waals surface area contributed by atoms with E-state index in [9.17, 15) is 0 Å². The monoisotopic (exact) mass is 357 g/mol. The number of methoxy groups -OCH3 is 2. The maximum atomic E-state index is 5.88. The third kappa shape index (κ3) is 6.20. The third-order valence-electron chi connectivity index (χ3n) is 3.77. The van der Waals surface area contributed by atoms with E-state index in [4.69, 9.17) is 14.2 Å². The molecule has 2 rings (SSSR count). The second kappa shape index (κ2) is 10.2. The summed E-state index contributed by atoms with van der Waals surface area (Å²) in [5.41, 5.74) is 1.12. The number of hydrogen-bond acceptors (Lipinski definition) is 4. The van der Waals surface area contributed by atoms with E-state index in [0.29, 0.717) is 13.1 Å². The van der Waals surface area contributed by atoms with Gasteiger partial charge in [0.25, 0.3) is 0 Å². The van der Waals surface area contributed by atoms with Crippen molar-refractivity contribution in [2.24, 2.45) is 4.99 Å². The van der Waals surface area contributed by atoms with Crippen molar-refractivity contribution >= 4 is 5.96 Å². The molecule has 0 aromatic heterocycles. The fourth-order valence-corrected chi connectivity index (χ4v) is 2.36. The molecule has 140 valence electrons. The number of hydrogen-bond donors (Lipinski definition) is 2. The molecule has 0 spiro atoms. The van der Waals surface area contributed by atoms with Gasteiger partial charge in [-0.3, -0.25) is 4.99 Å². The summed E-state index contributed by atoms with van der Waals surface area (Å²) >= 11 is 0. The molecular formula is C20H27N3O3. The van der Waals surface area contributed by atoms with Gasteiger partial charge in [0.05, 0.1) is 20.8 Å². The number of ether oxygens (including phenoxy) is 3. The summed E-state index contributed by atoms with van der Waals surface area (Å²) in [4.78, 5) is 4.24. The van der Waals surface area contributed by atoms with E-state index < -0.39 is 0 Å². The van der Waals surface area contributed by atoms with Crippen LogP contribution in [0.5, 0.6) is 17.2 Å². The topological polar surface area (TPSA) is 64.1 Å². The third-order valence-corrected chi connectivity index (χ3v) is 3.77. The van der Waals surface area contributed by atoms with Gasteiger partial charge in [-0.25, -0.2) is 0 Å². The molecule has 0 heterocycles. The van der Waals surface area contributed by atoms with E-state index in [0.717, 1.165) is 28.8 Å². The molecule has 0 aliphatic heterocycles. The van der Waals surface area contributed by atoms with Gasteiger partial charge in [-0.05, 0) is 48.9 Å². The lowest BCUT2D eigenvalue weighted by molar-refractivity contribution is 0.223. The first-order valence-electron chi connectivity index (χ1n) is 8.52. The molecule has 0 fully saturated rings. The molecular weight excluding hydrogens is 330 g/mol. The SMILES string of the molecule is CN=C(NCc1cccc(OC)c1)NCC(C)Oc1ccc(OC)cc1. The van der Waals surface area contributed by atoms with E-state index in [1.165, 1.54) is 0 Å². The van der Waals surface area contributed by atoms with Gasteiger partial charge < -0.3 is 24.8 Å². The fourth-order valence-electron chi connectivity index (χ4n) is 2.36. The highest BCUT2D eigenvalue weighted by Gasteiger charge is 2.06. The highest BCUT2D eigenvalue weighted by Crippen LogP contribution is 2.18. The van der Waals surface area contributed by atoms with Crippen LogP contribution in [0.25, 0.3) is 0 Å². The Morgan fingerprint density at radius 3 is 2.31 bits per heavy atom. The summed E-state index contributed by atoms with van der Waals surface area (Å²) in [5, 5.41) is 6.55. The number of guanidine groups is 1. The quantitative estimate of drug-likeness (QED) is 0.562. The van der Waals surface area contributed by atoms with Crippen molar-refractivity contribution in [1.82, 2.24) is 10.6 Å². The van der Waals surface area contributed by atoms with Crippen molar-refractivity contribution in [3.8, 4) is 17.2 Å². The predicted molar refractivity (Wildman–Crippen MR) is 104 cm³/mol. The summed E-state index contributed by atoms with van der Waals surface area (Å²) in [7, 11) is 5.06. The second-order valence-corrected chi connectivity index (χ2v) is 5.76. The van der Waals surface area contributed by atoms with Crippen LogP contribution < -0.4 is 24.8 Å². The Hall–Kier alpha value is -2.89. The average molecular weight is 357 g/mol. The molecule has 1 atom stereocenters. The molecule has 0 aliphatic carbocycles. The molecule has 0 saturated carbocycles. The van der Waals surface area contributed by atoms with Crippen molar-refractivity contribution in [3.63, 3.8) is 0 Å². The summed E-state index contributed by atoms with van der Waals surface area (Å²) in [6.07, 6.45) is -0.0150. The first kappa shape index (κ1) is 19.4. The first-order valence-corrected chi connectivity index (χ1v) is 8.52. The van der Waals surface area contributed by atoms with Gasteiger partial charge in [-0.1, -0.05) is 12.1 Å². The molecule has 0 amide bonds. The molecule has 2 aromatic rings. The van der Waals surface area contributed by atoms with Gasteiger partial charge >= 0.3 is 0 Å². The van der Waals surface area contributed by atoms with Crippen LogP contribution in [0, 0.1) is 0 Å². The maximum absolute atomic E-state index is 5.88. The zero-order valence-electron chi connectivity index (χ0n) is 15.8. The van der Waals surface area contributed by atoms with E-state index in [2.05, 4.69) is 15.6 Å². The van der Waals surface area contributed by atoms with Gasteiger partial charge in [0.15, 0.2) is 5.96 Å². The maximum Gasteiger partial charge on any atom is 0.191 e. The van der Waals surface area contributed by atoms with Gasteiger partial charge in [0, 0.05) is 13.6 Å². The van der Waals surface area contributed by atoms with E-state index >= 15 is 0 Å². The number of benzene rings is 2.